The van der Waals surface area contributed by atoms with Crippen LogP contribution in [-0.2, 0) is 15.7 Å². The number of hydrogen-bond donors (Lipinski definition) is 0. The van der Waals surface area contributed by atoms with Crippen molar-refractivity contribution in [3.05, 3.63) is 64.7 Å². The molecule has 0 amide bonds. The van der Waals surface area contributed by atoms with Gasteiger partial charge in [0.1, 0.15) is 17.2 Å². The van der Waals surface area contributed by atoms with E-state index in [1.54, 1.807) is 6.08 Å². The van der Waals surface area contributed by atoms with E-state index in [0.29, 0.717) is 56.1 Å². The van der Waals surface area contributed by atoms with Gasteiger partial charge < -0.3 is 9.47 Å². The third kappa shape index (κ3) is 5.40. The van der Waals surface area contributed by atoms with Crippen LogP contribution in [0, 0.1) is 35.1 Å². The fraction of sp³-hybridized carbons (Fsp3) is 0.462. The second-order valence-electron chi connectivity index (χ2n) is 9.05. The molecule has 190 valence electrons. The minimum atomic E-state index is -5.25. The molecule has 0 bridgehead atoms. The number of benzene rings is 2. The van der Waals surface area contributed by atoms with Crippen LogP contribution in [0.3, 0.4) is 0 Å². The summed E-state index contributed by atoms with van der Waals surface area (Å²) in [5, 5.41) is 0. The largest absolute Gasteiger partial charge is 0.422 e. The van der Waals surface area contributed by atoms with Crippen molar-refractivity contribution in [3.63, 3.8) is 0 Å². The molecule has 0 aromatic heterocycles. The van der Waals surface area contributed by atoms with Crippen LogP contribution in [0.4, 0.5) is 30.7 Å². The van der Waals surface area contributed by atoms with Gasteiger partial charge in [-0.15, -0.1) is 0 Å². The molecule has 9 heteroatoms. The van der Waals surface area contributed by atoms with Gasteiger partial charge in [-0.1, -0.05) is 31.6 Å². The van der Waals surface area contributed by atoms with Gasteiger partial charge in [0.05, 0.1) is 13.2 Å². The first kappa shape index (κ1) is 25.7. The Morgan fingerprint density at radius 3 is 2.06 bits per heavy atom. The molecule has 2 aliphatic rings. The summed E-state index contributed by atoms with van der Waals surface area (Å²) in [6.45, 7) is 3.38. The second-order valence-corrected chi connectivity index (χ2v) is 9.05. The minimum absolute atomic E-state index is 0.00560. The van der Waals surface area contributed by atoms with Gasteiger partial charge >= 0.3 is 6.18 Å². The van der Waals surface area contributed by atoms with Crippen LogP contribution in [0.1, 0.15) is 50.2 Å². The van der Waals surface area contributed by atoms with Gasteiger partial charge in [0.25, 0.3) is 0 Å². The van der Waals surface area contributed by atoms with E-state index in [1.807, 2.05) is 0 Å². The van der Waals surface area contributed by atoms with Crippen molar-refractivity contribution in [3.8, 4) is 11.1 Å². The van der Waals surface area contributed by atoms with Crippen molar-refractivity contribution in [2.75, 3.05) is 13.2 Å². The molecule has 1 aliphatic heterocycles. The molecule has 1 aliphatic carbocycles. The summed E-state index contributed by atoms with van der Waals surface area (Å²) >= 11 is 0. The van der Waals surface area contributed by atoms with Gasteiger partial charge in [0, 0.05) is 23.0 Å². The van der Waals surface area contributed by atoms with Crippen LogP contribution in [-0.4, -0.2) is 19.5 Å². The summed E-state index contributed by atoms with van der Waals surface area (Å²) in [5.41, 5.74) is -2.55. The predicted molar refractivity (Wildman–Crippen MR) is 116 cm³/mol. The fourth-order valence-electron chi connectivity index (χ4n) is 4.77. The summed E-state index contributed by atoms with van der Waals surface area (Å²) in [7, 11) is 0. The Bertz CT molecular complexity index is 1080. The van der Waals surface area contributed by atoms with Crippen LogP contribution in [0.15, 0.2) is 30.3 Å². The average Bonchev–Trinajstić information content (AvgIpc) is 2.80. The molecular formula is C26H25F7O2. The molecule has 0 saturated carbocycles. The highest BCUT2D eigenvalue weighted by atomic mass is 19.4. The average molecular weight is 502 g/mol. The number of hydrogen-bond acceptors (Lipinski definition) is 2. The van der Waals surface area contributed by atoms with E-state index in [4.69, 9.17) is 9.47 Å². The van der Waals surface area contributed by atoms with E-state index >= 15 is 0 Å². The topological polar surface area (TPSA) is 18.5 Å². The zero-order valence-corrected chi connectivity index (χ0v) is 19.0. The van der Waals surface area contributed by atoms with Crippen LogP contribution in [0.5, 0.6) is 0 Å². The number of halogens is 7. The Hall–Kier alpha value is -2.39. The van der Waals surface area contributed by atoms with E-state index < -0.39 is 46.1 Å². The minimum Gasteiger partial charge on any atom is -0.352 e. The van der Waals surface area contributed by atoms with Crippen molar-refractivity contribution in [2.24, 2.45) is 11.8 Å². The van der Waals surface area contributed by atoms with Crippen LogP contribution < -0.4 is 0 Å². The zero-order chi connectivity index (χ0) is 25.3. The fourth-order valence-corrected chi connectivity index (χ4v) is 4.77. The van der Waals surface area contributed by atoms with Crippen LogP contribution >= 0.6 is 0 Å². The summed E-state index contributed by atoms with van der Waals surface area (Å²) in [4.78, 5) is 0. The summed E-state index contributed by atoms with van der Waals surface area (Å²) < 4.78 is 108. The molecule has 1 saturated heterocycles. The Labute approximate surface area is 198 Å². The van der Waals surface area contributed by atoms with Crippen LogP contribution in [0.2, 0.25) is 0 Å². The van der Waals surface area contributed by atoms with E-state index in [9.17, 15) is 30.7 Å². The summed E-state index contributed by atoms with van der Waals surface area (Å²) in [6, 6.07) is 3.09. The van der Waals surface area contributed by atoms with Gasteiger partial charge in [0.2, 0.25) is 0 Å². The number of rotatable bonds is 5. The highest BCUT2D eigenvalue weighted by molar-refractivity contribution is 5.72. The maximum absolute atomic E-state index is 14.9. The highest BCUT2D eigenvalue weighted by Gasteiger charge is 2.38. The Morgan fingerprint density at radius 1 is 0.914 bits per heavy atom. The lowest BCUT2D eigenvalue weighted by Crippen LogP contribution is -2.37. The van der Waals surface area contributed by atoms with Gasteiger partial charge in [-0.2, -0.15) is 13.2 Å². The first-order valence-corrected chi connectivity index (χ1v) is 11.6. The summed E-state index contributed by atoms with van der Waals surface area (Å²) in [6.07, 6.45) is -0.0518. The molecule has 2 nitrogen and oxygen atoms in total. The van der Waals surface area contributed by atoms with Gasteiger partial charge in [-0.3, -0.25) is 0 Å². The van der Waals surface area contributed by atoms with Gasteiger partial charge in [0.15, 0.2) is 17.9 Å². The molecule has 1 heterocycles. The van der Waals surface area contributed by atoms with Crippen LogP contribution in [0.25, 0.3) is 16.7 Å². The van der Waals surface area contributed by atoms with E-state index in [-0.39, 0.29) is 17.8 Å². The molecule has 1 fully saturated rings. The molecule has 2 aromatic carbocycles. The Balaban J connectivity index is 1.51. The molecule has 0 N–H and O–H groups in total. The van der Waals surface area contributed by atoms with E-state index in [1.165, 1.54) is 6.07 Å². The number of alkyl halides is 3. The lowest BCUT2D eigenvalue weighted by molar-refractivity contribution is -0.225. The van der Waals surface area contributed by atoms with E-state index in [0.717, 1.165) is 18.9 Å². The first-order chi connectivity index (χ1) is 16.6. The zero-order valence-electron chi connectivity index (χ0n) is 19.0. The highest BCUT2D eigenvalue weighted by Crippen LogP contribution is 2.39. The number of allylic oxidation sites excluding steroid dienone is 2. The van der Waals surface area contributed by atoms with Crippen molar-refractivity contribution >= 4 is 5.57 Å². The quantitative estimate of drug-likeness (QED) is 0.387. The smallest absolute Gasteiger partial charge is 0.352 e. The normalized spacial score (nSPS) is 23.3. The molecule has 1 atom stereocenters. The number of ether oxygens (including phenoxy) is 2. The molecule has 1 unspecified atom stereocenters. The molecule has 0 spiro atoms. The van der Waals surface area contributed by atoms with Crippen molar-refractivity contribution in [1.82, 2.24) is 0 Å². The Kier molecular flexibility index (Phi) is 7.57. The maximum atomic E-state index is 14.9. The first-order valence-electron chi connectivity index (χ1n) is 11.6. The third-order valence-corrected chi connectivity index (χ3v) is 6.59. The molecule has 4 rings (SSSR count). The lowest BCUT2D eigenvalue weighted by Gasteiger charge is -2.35. The van der Waals surface area contributed by atoms with Crippen molar-refractivity contribution in [1.29, 1.82) is 0 Å². The predicted octanol–water partition coefficient (Wildman–Crippen LogP) is 7.90. The molecule has 2 aromatic rings. The van der Waals surface area contributed by atoms with Crippen molar-refractivity contribution < 1.29 is 40.2 Å². The second kappa shape index (κ2) is 10.3. The molecular weight excluding hydrogens is 477 g/mol. The van der Waals surface area contributed by atoms with E-state index in [2.05, 4.69) is 6.92 Å². The Morgan fingerprint density at radius 2 is 1.51 bits per heavy atom. The van der Waals surface area contributed by atoms with Crippen molar-refractivity contribution in [2.45, 2.75) is 51.5 Å². The maximum Gasteiger partial charge on any atom is 0.422 e. The third-order valence-electron chi connectivity index (χ3n) is 6.59. The van der Waals surface area contributed by atoms with Gasteiger partial charge in [-0.05, 0) is 49.0 Å². The monoisotopic (exact) mass is 502 g/mol. The molecule has 0 radical (unpaired) electrons. The van der Waals surface area contributed by atoms with Gasteiger partial charge in [-0.25, -0.2) is 17.6 Å². The standard InChI is InChI=1S/C26H25F7O2/c1-2-3-14-12-34-25(35-13-14)16-6-4-15(5-7-16)18-8-9-19(24(30)23(18)29)17-10-20(27)22(21(28)11-17)26(31,32)33/h4,8-11,14,16,25H,2-3,5-7,12-13H2,1H3. The molecule has 35 heavy (non-hydrogen) atoms. The lowest BCUT2D eigenvalue weighted by atomic mass is 9.85. The SMILES string of the molecule is CCCC1COC(C2CC=C(c3ccc(-c4cc(F)c(C(F)(F)F)c(F)c4)c(F)c3F)CC2)OC1. The summed E-state index contributed by atoms with van der Waals surface area (Å²) in [5.74, 6) is -5.93.